The van der Waals surface area contributed by atoms with Crippen molar-refractivity contribution in [2.24, 2.45) is 4.99 Å². The number of carbonyl (C=O) groups is 1. The number of fused-ring (bicyclic) bond motifs is 1. The predicted molar refractivity (Wildman–Crippen MR) is 161 cm³/mol. The average molecular weight is 574 g/mol. The Morgan fingerprint density at radius 3 is 2.55 bits per heavy atom. The second-order valence-corrected chi connectivity index (χ2v) is 10.2. The number of carbonyl (C=O) groups excluding carboxylic acids is 1. The molecule has 0 saturated heterocycles. The van der Waals surface area contributed by atoms with E-state index < -0.39 is 5.91 Å². The van der Waals surface area contributed by atoms with E-state index in [4.69, 9.17) is 31.2 Å². The highest BCUT2D eigenvalue weighted by molar-refractivity contribution is 8.17. The van der Waals surface area contributed by atoms with Crippen LogP contribution >= 0.6 is 23.4 Å². The van der Waals surface area contributed by atoms with Crippen molar-refractivity contribution in [2.75, 3.05) is 20.3 Å². The van der Waals surface area contributed by atoms with Crippen LogP contribution in [-0.2, 0) is 11.2 Å². The molecule has 0 aliphatic carbocycles. The van der Waals surface area contributed by atoms with Gasteiger partial charge in [0.05, 0.1) is 31.6 Å². The van der Waals surface area contributed by atoms with Crippen molar-refractivity contribution in [3.8, 4) is 17.2 Å². The van der Waals surface area contributed by atoms with Crippen LogP contribution < -0.4 is 14.2 Å². The van der Waals surface area contributed by atoms with Crippen LogP contribution in [0.25, 0.3) is 11.8 Å². The first-order chi connectivity index (χ1) is 19.5. The molecule has 0 atom stereocenters. The standard InChI is InChI=1S/C31H28ClN3O4S/c1-3-20-9-12-22(13-10-20)38-15-6-16-39-27-14-11-21(18-28(27)37-2)17-24-29(33)35-26(19-40-31(35)34-30(24)36)23-7-4-5-8-25(23)32/h4-5,7-14,17-19,33H,3,6,15-16H2,1-2H3/b24-17-,33-29?. The van der Waals surface area contributed by atoms with E-state index in [0.29, 0.717) is 52.6 Å². The topological polar surface area (TPSA) is 84.2 Å². The maximum absolute atomic E-state index is 12.9. The Balaban J connectivity index is 1.25. The van der Waals surface area contributed by atoms with Crippen LogP contribution in [0.4, 0.5) is 0 Å². The molecule has 0 saturated carbocycles. The van der Waals surface area contributed by atoms with Gasteiger partial charge in [0, 0.05) is 22.4 Å². The zero-order valence-electron chi connectivity index (χ0n) is 22.1. The van der Waals surface area contributed by atoms with E-state index in [1.165, 1.54) is 17.3 Å². The smallest absolute Gasteiger partial charge is 0.283 e. The molecule has 2 aliphatic heterocycles. The summed E-state index contributed by atoms with van der Waals surface area (Å²) in [6, 6.07) is 20.9. The van der Waals surface area contributed by atoms with Crippen molar-refractivity contribution in [3.05, 3.63) is 99.4 Å². The largest absolute Gasteiger partial charge is 0.493 e. The van der Waals surface area contributed by atoms with Gasteiger partial charge in [-0.1, -0.05) is 66.7 Å². The molecule has 0 bridgehead atoms. The van der Waals surface area contributed by atoms with Crippen molar-refractivity contribution in [1.29, 1.82) is 5.41 Å². The number of nitrogens with one attached hydrogen (secondary N) is 1. The fourth-order valence-electron chi connectivity index (χ4n) is 4.27. The molecule has 204 valence electrons. The van der Waals surface area contributed by atoms with Crippen LogP contribution in [-0.4, -0.2) is 42.1 Å². The van der Waals surface area contributed by atoms with Crippen molar-refractivity contribution in [3.63, 3.8) is 0 Å². The summed E-state index contributed by atoms with van der Waals surface area (Å²) < 4.78 is 17.3. The van der Waals surface area contributed by atoms with Crippen LogP contribution in [0, 0.1) is 5.41 Å². The number of aliphatic imine (C=N–C) groups is 1. The highest BCUT2D eigenvalue weighted by Crippen LogP contribution is 2.39. The predicted octanol–water partition coefficient (Wildman–Crippen LogP) is 7.06. The van der Waals surface area contributed by atoms with E-state index in [-0.39, 0.29) is 11.4 Å². The SMILES string of the molecule is CCc1ccc(OCCCOc2ccc(/C=C3/C(=N)N4C(c5ccccc5Cl)=CSC4=NC3=O)cc2OC)cc1. The molecule has 5 rings (SSSR count). The Kier molecular flexibility index (Phi) is 8.57. The number of ether oxygens (including phenoxy) is 3. The summed E-state index contributed by atoms with van der Waals surface area (Å²) in [7, 11) is 1.56. The molecule has 9 heteroatoms. The van der Waals surface area contributed by atoms with Gasteiger partial charge in [0.15, 0.2) is 16.7 Å². The third-order valence-corrected chi connectivity index (χ3v) is 7.56. The van der Waals surface area contributed by atoms with Crippen LogP contribution in [0.3, 0.4) is 0 Å². The number of amides is 1. The van der Waals surface area contributed by atoms with E-state index in [0.717, 1.165) is 17.7 Å². The van der Waals surface area contributed by atoms with Gasteiger partial charge in [-0.3, -0.25) is 15.1 Å². The molecular formula is C31H28ClN3O4S. The summed E-state index contributed by atoms with van der Waals surface area (Å²) in [5, 5.41) is 11.7. The number of methoxy groups -OCH3 is 1. The molecule has 0 spiro atoms. The van der Waals surface area contributed by atoms with Gasteiger partial charge in [0.25, 0.3) is 5.91 Å². The lowest BCUT2D eigenvalue weighted by Gasteiger charge is -2.27. The normalized spacial score (nSPS) is 15.6. The maximum Gasteiger partial charge on any atom is 0.283 e. The number of halogens is 1. The molecular weight excluding hydrogens is 546 g/mol. The van der Waals surface area contributed by atoms with E-state index >= 15 is 0 Å². The number of amidine groups is 2. The summed E-state index contributed by atoms with van der Waals surface area (Å²) in [5.74, 6) is 1.52. The van der Waals surface area contributed by atoms with E-state index in [9.17, 15) is 4.79 Å². The fraction of sp³-hybridized carbons (Fsp3) is 0.194. The number of aryl methyl sites for hydroxylation is 1. The van der Waals surface area contributed by atoms with Gasteiger partial charge in [-0.2, -0.15) is 4.99 Å². The molecule has 2 aliphatic rings. The first-order valence-corrected chi connectivity index (χ1v) is 14.1. The minimum Gasteiger partial charge on any atom is -0.493 e. The second kappa shape index (κ2) is 12.4. The Morgan fingerprint density at radius 2 is 1.80 bits per heavy atom. The Labute approximate surface area is 242 Å². The fourth-order valence-corrected chi connectivity index (χ4v) is 5.39. The minimum absolute atomic E-state index is 0.0368. The van der Waals surface area contributed by atoms with Crippen molar-refractivity contribution in [2.45, 2.75) is 19.8 Å². The van der Waals surface area contributed by atoms with Gasteiger partial charge in [-0.25, -0.2) is 0 Å². The molecule has 1 amide bonds. The summed E-state index contributed by atoms with van der Waals surface area (Å²) in [6.45, 7) is 3.11. The third kappa shape index (κ3) is 5.93. The monoisotopic (exact) mass is 573 g/mol. The molecule has 0 fully saturated rings. The average Bonchev–Trinajstić information content (AvgIpc) is 3.39. The Bertz CT molecular complexity index is 1530. The first-order valence-electron chi connectivity index (χ1n) is 12.9. The molecule has 0 radical (unpaired) electrons. The van der Waals surface area contributed by atoms with Gasteiger partial charge in [-0.05, 0) is 54.0 Å². The van der Waals surface area contributed by atoms with E-state index in [2.05, 4.69) is 24.0 Å². The zero-order valence-corrected chi connectivity index (χ0v) is 23.7. The zero-order chi connectivity index (χ0) is 28.1. The lowest BCUT2D eigenvalue weighted by Crippen LogP contribution is -2.38. The number of hydrogen-bond acceptors (Lipinski definition) is 6. The van der Waals surface area contributed by atoms with Gasteiger partial charge in [0.2, 0.25) is 0 Å². The highest BCUT2D eigenvalue weighted by Gasteiger charge is 2.36. The molecule has 2 heterocycles. The number of hydrogen-bond donors (Lipinski definition) is 1. The number of thioether (sulfide) groups is 1. The summed E-state index contributed by atoms with van der Waals surface area (Å²) in [5.41, 5.74) is 3.61. The molecule has 0 aromatic heterocycles. The third-order valence-electron chi connectivity index (χ3n) is 6.41. The van der Waals surface area contributed by atoms with Crippen LogP contribution in [0.5, 0.6) is 17.2 Å². The number of benzene rings is 3. The van der Waals surface area contributed by atoms with E-state index in [1.54, 1.807) is 36.3 Å². The molecule has 3 aromatic carbocycles. The highest BCUT2D eigenvalue weighted by atomic mass is 35.5. The lowest BCUT2D eigenvalue weighted by atomic mass is 10.1. The van der Waals surface area contributed by atoms with Crippen LogP contribution in [0.1, 0.15) is 30.0 Å². The summed E-state index contributed by atoms with van der Waals surface area (Å²) in [6.07, 6.45) is 3.34. The van der Waals surface area contributed by atoms with Crippen molar-refractivity contribution in [1.82, 2.24) is 4.90 Å². The summed E-state index contributed by atoms with van der Waals surface area (Å²) >= 11 is 7.71. The minimum atomic E-state index is -0.471. The van der Waals surface area contributed by atoms with Crippen LogP contribution in [0.2, 0.25) is 5.02 Å². The quantitative estimate of drug-likeness (QED) is 0.206. The number of rotatable bonds is 10. The molecule has 40 heavy (non-hydrogen) atoms. The van der Waals surface area contributed by atoms with Crippen molar-refractivity contribution < 1.29 is 19.0 Å². The van der Waals surface area contributed by atoms with Gasteiger partial charge in [-0.15, -0.1) is 0 Å². The van der Waals surface area contributed by atoms with Gasteiger partial charge in [0.1, 0.15) is 11.6 Å². The maximum atomic E-state index is 12.9. The van der Waals surface area contributed by atoms with Crippen LogP contribution in [0.15, 0.2) is 82.7 Å². The Morgan fingerprint density at radius 1 is 1.02 bits per heavy atom. The van der Waals surface area contributed by atoms with E-state index in [1.807, 2.05) is 41.8 Å². The Hall–Kier alpha value is -4.01. The molecule has 3 aromatic rings. The second-order valence-electron chi connectivity index (χ2n) is 9.00. The molecule has 1 N–H and O–H groups in total. The first kappa shape index (κ1) is 27.6. The summed E-state index contributed by atoms with van der Waals surface area (Å²) in [4.78, 5) is 18.7. The van der Waals surface area contributed by atoms with Gasteiger partial charge < -0.3 is 14.2 Å². The lowest BCUT2D eigenvalue weighted by molar-refractivity contribution is -0.114. The molecule has 7 nitrogen and oxygen atoms in total. The molecule has 0 unspecified atom stereocenters. The van der Waals surface area contributed by atoms with Gasteiger partial charge >= 0.3 is 0 Å². The number of nitrogens with zero attached hydrogens (tertiary/aromatic N) is 2. The van der Waals surface area contributed by atoms with Crippen molar-refractivity contribution >= 4 is 52.0 Å².